The molecule has 0 aliphatic heterocycles. The number of pyridine rings is 1. The van der Waals surface area contributed by atoms with Crippen molar-refractivity contribution in [1.82, 2.24) is 10.3 Å². The number of hydrogen-bond donors (Lipinski definition) is 2. The molecule has 19 heavy (non-hydrogen) atoms. The first-order chi connectivity index (χ1) is 9.22. The first-order valence-corrected chi connectivity index (χ1v) is 6.67. The summed E-state index contributed by atoms with van der Waals surface area (Å²) in [6, 6.07) is 3.38. The van der Waals surface area contributed by atoms with Crippen LogP contribution in [0.25, 0.3) is 0 Å². The number of ether oxygens (including phenoxy) is 1. The van der Waals surface area contributed by atoms with Crippen LogP contribution in [-0.4, -0.2) is 35.8 Å². The van der Waals surface area contributed by atoms with Crippen LogP contribution in [-0.2, 0) is 0 Å². The summed E-state index contributed by atoms with van der Waals surface area (Å²) >= 11 is 0. The van der Waals surface area contributed by atoms with Crippen molar-refractivity contribution in [3.05, 3.63) is 23.9 Å². The summed E-state index contributed by atoms with van der Waals surface area (Å²) in [5, 5.41) is 12.7. The molecule has 1 amide bonds. The van der Waals surface area contributed by atoms with Crippen molar-refractivity contribution in [2.24, 2.45) is 5.92 Å². The number of aliphatic hydroxyl groups is 1. The highest BCUT2D eigenvalue weighted by Crippen LogP contribution is 2.23. The van der Waals surface area contributed by atoms with E-state index < -0.39 is 0 Å². The van der Waals surface area contributed by atoms with Crippen LogP contribution in [0.5, 0.6) is 5.88 Å². The highest BCUT2D eigenvalue weighted by molar-refractivity contribution is 5.96. The SMILES string of the molecule is COc1ncccc1C(=O)NCC1CCCCC1O. The van der Waals surface area contributed by atoms with Crippen LogP contribution in [0.4, 0.5) is 0 Å². The van der Waals surface area contributed by atoms with Gasteiger partial charge >= 0.3 is 0 Å². The summed E-state index contributed by atoms with van der Waals surface area (Å²) in [7, 11) is 1.49. The summed E-state index contributed by atoms with van der Waals surface area (Å²) in [6.45, 7) is 0.498. The van der Waals surface area contributed by atoms with Crippen molar-refractivity contribution in [1.29, 1.82) is 0 Å². The van der Waals surface area contributed by atoms with Gasteiger partial charge in [0.15, 0.2) is 0 Å². The highest BCUT2D eigenvalue weighted by atomic mass is 16.5. The van der Waals surface area contributed by atoms with Crippen molar-refractivity contribution < 1.29 is 14.6 Å². The lowest BCUT2D eigenvalue weighted by Gasteiger charge is -2.27. The first-order valence-electron chi connectivity index (χ1n) is 6.67. The minimum Gasteiger partial charge on any atom is -0.480 e. The summed E-state index contributed by atoms with van der Waals surface area (Å²) in [5.74, 6) is 0.271. The topological polar surface area (TPSA) is 71.5 Å². The van der Waals surface area contributed by atoms with Crippen LogP contribution in [0.15, 0.2) is 18.3 Å². The summed E-state index contributed by atoms with van der Waals surface area (Å²) in [6.07, 6.45) is 5.27. The van der Waals surface area contributed by atoms with Crippen molar-refractivity contribution in [2.75, 3.05) is 13.7 Å². The second kappa shape index (κ2) is 6.52. The molecular formula is C14H20N2O3. The number of aliphatic hydroxyl groups excluding tert-OH is 1. The van der Waals surface area contributed by atoms with E-state index in [9.17, 15) is 9.90 Å². The Morgan fingerprint density at radius 3 is 3.05 bits per heavy atom. The predicted molar refractivity (Wildman–Crippen MR) is 71.1 cm³/mol. The minimum absolute atomic E-state index is 0.153. The molecule has 2 N–H and O–H groups in total. The molecule has 5 heteroatoms. The number of rotatable bonds is 4. The Labute approximate surface area is 113 Å². The summed E-state index contributed by atoms with van der Waals surface area (Å²) in [5.41, 5.74) is 0.426. The normalized spacial score (nSPS) is 22.8. The molecule has 0 radical (unpaired) electrons. The number of carbonyl (C=O) groups is 1. The van der Waals surface area contributed by atoms with Gasteiger partial charge in [0, 0.05) is 18.7 Å². The molecule has 1 aromatic heterocycles. The Hall–Kier alpha value is -1.62. The van der Waals surface area contributed by atoms with Crippen LogP contribution in [0.1, 0.15) is 36.0 Å². The van der Waals surface area contributed by atoms with E-state index in [-0.39, 0.29) is 17.9 Å². The molecule has 1 aromatic rings. The molecule has 1 aliphatic carbocycles. The zero-order chi connectivity index (χ0) is 13.7. The molecule has 104 valence electrons. The van der Waals surface area contributed by atoms with E-state index in [0.717, 1.165) is 25.7 Å². The molecule has 1 fully saturated rings. The van der Waals surface area contributed by atoms with Crippen LogP contribution in [0.3, 0.4) is 0 Å². The van der Waals surface area contributed by atoms with Crippen LogP contribution >= 0.6 is 0 Å². The number of carbonyl (C=O) groups excluding carboxylic acids is 1. The van der Waals surface area contributed by atoms with Crippen LogP contribution < -0.4 is 10.1 Å². The lowest BCUT2D eigenvalue weighted by atomic mass is 9.86. The van der Waals surface area contributed by atoms with Gasteiger partial charge in [-0.3, -0.25) is 4.79 Å². The van der Waals surface area contributed by atoms with E-state index in [1.165, 1.54) is 7.11 Å². The van der Waals surface area contributed by atoms with Gasteiger partial charge in [-0.25, -0.2) is 4.98 Å². The van der Waals surface area contributed by atoms with Gasteiger partial charge in [-0.1, -0.05) is 12.8 Å². The third-order valence-electron chi connectivity index (χ3n) is 3.60. The number of methoxy groups -OCH3 is 1. The Kier molecular flexibility index (Phi) is 4.74. The molecule has 2 rings (SSSR count). The van der Waals surface area contributed by atoms with E-state index in [2.05, 4.69) is 10.3 Å². The first kappa shape index (κ1) is 13.8. The summed E-state index contributed by atoms with van der Waals surface area (Å²) in [4.78, 5) is 16.1. The molecule has 0 bridgehead atoms. The van der Waals surface area contributed by atoms with E-state index >= 15 is 0 Å². The Morgan fingerprint density at radius 2 is 2.32 bits per heavy atom. The predicted octanol–water partition coefficient (Wildman–Crippen LogP) is 1.37. The zero-order valence-electron chi connectivity index (χ0n) is 11.1. The van der Waals surface area contributed by atoms with E-state index in [0.29, 0.717) is 18.0 Å². The average molecular weight is 264 g/mol. The number of nitrogens with one attached hydrogen (secondary N) is 1. The van der Waals surface area contributed by atoms with Gasteiger partial charge in [0.1, 0.15) is 5.56 Å². The Balaban J connectivity index is 1.93. The Bertz CT molecular complexity index is 436. The largest absolute Gasteiger partial charge is 0.480 e. The quantitative estimate of drug-likeness (QED) is 0.861. The van der Waals surface area contributed by atoms with E-state index in [1.54, 1.807) is 18.3 Å². The van der Waals surface area contributed by atoms with E-state index in [4.69, 9.17) is 4.74 Å². The number of amides is 1. The molecular weight excluding hydrogens is 244 g/mol. The number of aromatic nitrogens is 1. The van der Waals surface area contributed by atoms with Crippen LogP contribution in [0, 0.1) is 5.92 Å². The maximum atomic E-state index is 12.1. The van der Waals surface area contributed by atoms with Crippen molar-refractivity contribution >= 4 is 5.91 Å². The van der Waals surface area contributed by atoms with Gasteiger partial charge < -0.3 is 15.2 Å². The van der Waals surface area contributed by atoms with Gasteiger partial charge in [0.05, 0.1) is 13.2 Å². The van der Waals surface area contributed by atoms with Gasteiger partial charge in [0.25, 0.3) is 5.91 Å². The maximum absolute atomic E-state index is 12.1. The van der Waals surface area contributed by atoms with Crippen LogP contribution in [0.2, 0.25) is 0 Å². The second-order valence-electron chi connectivity index (χ2n) is 4.88. The van der Waals surface area contributed by atoms with Crippen molar-refractivity contribution in [2.45, 2.75) is 31.8 Å². The fourth-order valence-corrected chi connectivity index (χ4v) is 2.47. The molecule has 0 saturated heterocycles. The van der Waals surface area contributed by atoms with Gasteiger partial charge in [0.2, 0.25) is 5.88 Å². The molecule has 1 saturated carbocycles. The number of hydrogen-bond acceptors (Lipinski definition) is 4. The highest BCUT2D eigenvalue weighted by Gasteiger charge is 2.24. The molecule has 0 spiro atoms. The minimum atomic E-state index is -0.301. The van der Waals surface area contributed by atoms with Gasteiger partial charge in [-0.2, -0.15) is 0 Å². The molecule has 1 heterocycles. The van der Waals surface area contributed by atoms with Crippen molar-refractivity contribution in [3.63, 3.8) is 0 Å². The molecule has 1 aliphatic rings. The lowest BCUT2D eigenvalue weighted by Crippen LogP contribution is -2.36. The van der Waals surface area contributed by atoms with E-state index in [1.807, 2.05) is 0 Å². The average Bonchev–Trinajstić information content (AvgIpc) is 2.46. The molecule has 0 aromatic carbocycles. The Morgan fingerprint density at radius 1 is 1.53 bits per heavy atom. The maximum Gasteiger partial charge on any atom is 0.256 e. The smallest absolute Gasteiger partial charge is 0.256 e. The molecule has 2 atom stereocenters. The van der Waals surface area contributed by atoms with Gasteiger partial charge in [-0.15, -0.1) is 0 Å². The number of nitrogens with zero attached hydrogens (tertiary/aromatic N) is 1. The lowest BCUT2D eigenvalue weighted by molar-refractivity contribution is 0.0662. The molecule has 5 nitrogen and oxygen atoms in total. The fraction of sp³-hybridized carbons (Fsp3) is 0.571. The zero-order valence-corrected chi connectivity index (χ0v) is 11.1. The van der Waals surface area contributed by atoms with Crippen molar-refractivity contribution in [3.8, 4) is 5.88 Å². The van der Waals surface area contributed by atoms with Gasteiger partial charge in [-0.05, 0) is 25.0 Å². The standard InChI is InChI=1S/C14H20N2O3/c1-19-14-11(6-4-8-15-14)13(18)16-9-10-5-2-3-7-12(10)17/h4,6,8,10,12,17H,2-3,5,7,9H2,1H3,(H,16,18). The fourth-order valence-electron chi connectivity index (χ4n) is 2.47. The summed E-state index contributed by atoms with van der Waals surface area (Å²) < 4.78 is 5.06. The third-order valence-corrected chi connectivity index (χ3v) is 3.60. The monoisotopic (exact) mass is 264 g/mol. The molecule has 2 unspecified atom stereocenters. The third kappa shape index (κ3) is 3.44. The second-order valence-corrected chi connectivity index (χ2v) is 4.88.